The van der Waals surface area contributed by atoms with Gasteiger partial charge in [-0.05, 0) is 25.0 Å². The van der Waals surface area contributed by atoms with Gasteiger partial charge in [0.1, 0.15) is 6.61 Å². The van der Waals surface area contributed by atoms with Gasteiger partial charge in [0.2, 0.25) is 0 Å². The average molecular weight is 207 g/mol. The SMILES string of the molecule is CCCOCC(=O)c1cccc(N)c1C. The molecule has 0 saturated heterocycles. The van der Waals surface area contributed by atoms with Crippen LogP contribution in [0.1, 0.15) is 29.3 Å². The first-order chi connectivity index (χ1) is 7.16. The zero-order valence-corrected chi connectivity index (χ0v) is 9.25. The van der Waals surface area contributed by atoms with Gasteiger partial charge in [-0.2, -0.15) is 0 Å². The number of rotatable bonds is 5. The van der Waals surface area contributed by atoms with E-state index in [2.05, 4.69) is 0 Å². The van der Waals surface area contributed by atoms with Crippen molar-refractivity contribution in [2.75, 3.05) is 18.9 Å². The maximum Gasteiger partial charge on any atom is 0.188 e. The van der Waals surface area contributed by atoms with Crippen LogP contribution in [0.2, 0.25) is 0 Å². The van der Waals surface area contributed by atoms with Crippen LogP contribution in [0.4, 0.5) is 5.69 Å². The third-order valence-electron chi connectivity index (χ3n) is 2.26. The number of nitrogens with two attached hydrogens (primary N) is 1. The van der Waals surface area contributed by atoms with Crippen molar-refractivity contribution in [3.05, 3.63) is 29.3 Å². The van der Waals surface area contributed by atoms with Gasteiger partial charge in [-0.25, -0.2) is 0 Å². The van der Waals surface area contributed by atoms with Crippen molar-refractivity contribution < 1.29 is 9.53 Å². The number of Topliss-reactive ketones (excluding diaryl/α,β-unsaturated/α-hetero) is 1. The molecule has 0 aliphatic rings. The zero-order valence-electron chi connectivity index (χ0n) is 9.25. The highest BCUT2D eigenvalue weighted by molar-refractivity contribution is 5.99. The molecule has 15 heavy (non-hydrogen) atoms. The van der Waals surface area contributed by atoms with Crippen molar-refractivity contribution in [3.8, 4) is 0 Å². The second-order valence-electron chi connectivity index (χ2n) is 3.50. The highest BCUT2D eigenvalue weighted by atomic mass is 16.5. The fourth-order valence-corrected chi connectivity index (χ4v) is 1.34. The van der Waals surface area contributed by atoms with Gasteiger partial charge < -0.3 is 10.5 Å². The molecule has 82 valence electrons. The summed E-state index contributed by atoms with van der Waals surface area (Å²) in [5, 5.41) is 0. The molecule has 3 nitrogen and oxygen atoms in total. The Hall–Kier alpha value is -1.35. The molecule has 1 aromatic rings. The second-order valence-corrected chi connectivity index (χ2v) is 3.50. The summed E-state index contributed by atoms with van der Waals surface area (Å²) >= 11 is 0. The average Bonchev–Trinajstić information content (AvgIpc) is 2.22. The topological polar surface area (TPSA) is 52.3 Å². The van der Waals surface area contributed by atoms with Gasteiger partial charge in [-0.15, -0.1) is 0 Å². The predicted octanol–water partition coefficient (Wildman–Crippen LogP) is 2.19. The number of anilines is 1. The minimum absolute atomic E-state index is 0.00625. The highest BCUT2D eigenvalue weighted by Crippen LogP contribution is 2.15. The molecule has 0 amide bonds. The maximum absolute atomic E-state index is 11.7. The summed E-state index contributed by atoms with van der Waals surface area (Å²) < 4.78 is 5.20. The van der Waals surface area contributed by atoms with Crippen LogP contribution in [0.15, 0.2) is 18.2 Å². The van der Waals surface area contributed by atoms with Crippen molar-refractivity contribution in [1.82, 2.24) is 0 Å². The molecule has 0 radical (unpaired) electrons. The molecule has 0 saturated carbocycles. The van der Waals surface area contributed by atoms with Crippen molar-refractivity contribution in [2.45, 2.75) is 20.3 Å². The first kappa shape index (κ1) is 11.7. The maximum atomic E-state index is 11.7. The van der Waals surface area contributed by atoms with Crippen LogP contribution in [-0.4, -0.2) is 19.0 Å². The van der Waals surface area contributed by atoms with E-state index in [1.165, 1.54) is 0 Å². The lowest BCUT2D eigenvalue weighted by Gasteiger charge is -2.07. The second kappa shape index (κ2) is 5.51. The Labute approximate surface area is 90.2 Å². The van der Waals surface area contributed by atoms with E-state index in [1.54, 1.807) is 18.2 Å². The minimum atomic E-state index is -0.00625. The molecule has 1 aromatic carbocycles. The summed E-state index contributed by atoms with van der Waals surface area (Å²) in [6, 6.07) is 5.36. The van der Waals surface area contributed by atoms with Gasteiger partial charge in [0.25, 0.3) is 0 Å². The first-order valence-electron chi connectivity index (χ1n) is 5.12. The van der Waals surface area contributed by atoms with E-state index >= 15 is 0 Å². The van der Waals surface area contributed by atoms with E-state index in [4.69, 9.17) is 10.5 Å². The third kappa shape index (κ3) is 3.06. The van der Waals surface area contributed by atoms with Gasteiger partial charge in [-0.3, -0.25) is 4.79 Å². The van der Waals surface area contributed by atoms with Gasteiger partial charge >= 0.3 is 0 Å². The molecule has 0 aromatic heterocycles. The number of carbonyl (C=O) groups is 1. The zero-order chi connectivity index (χ0) is 11.3. The Morgan fingerprint density at radius 3 is 2.87 bits per heavy atom. The molecule has 2 N–H and O–H groups in total. The Morgan fingerprint density at radius 1 is 1.47 bits per heavy atom. The van der Waals surface area contributed by atoms with E-state index < -0.39 is 0 Å². The molecule has 1 rings (SSSR count). The molecular weight excluding hydrogens is 190 g/mol. The molecular formula is C12H17NO2. The molecule has 0 aliphatic carbocycles. The van der Waals surface area contributed by atoms with Crippen LogP contribution in [0.5, 0.6) is 0 Å². The monoisotopic (exact) mass is 207 g/mol. The van der Waals surface area contributed by atoms with E-state index in [0.717, 1.165) is 12.0 Å². The fraction of sp³-hybridized carbons (Fsp3) is 0.417. The van der Waals surface area contributed by atoms with Crippen molar-refractivity contribution in [3.63, 3.8) is 0 Å². The molecule has 0 bridgehead atoms. The Morgan fingerprint density at radius 2 is 2.20 bits per heavy atom. The lowest BCUT2D eigenvalue weighted by Crippen LogP contribution is -2.11. The number of carbonyl (C=O) groups excluding carboxylic acids is 1. The number of ketones is 1. The summed E-state index contributed by atoms with van der Waals surface area (Å²) in [5.74, 6) is -0.00625. The normalized spacial score (nSPS) is 10.3. The van der Waals surface area contributed by atoms with Crippen LogP contribution in [0.25, 0.3) is 0 Å². The molecule has 0 aliphatic heterocycles. The highest BCUT2D eigenvalue weighted by Gasteiger charge is 2.10. The van der Waals surface area contributed by atoms with Crippen LogP contribution in [0.3, 0.4) is 0 Å². The smallest absolute Gasteiger partial charge is 0.188 e. The lowest BCUT2D eigenvalue weighted by atomic mass is 10.0. The van der Waals surface area contributed by atoms with Gasteiger partial charge in [0.15, 0.2) is 5.78 Å². The van der Waals surface area contributed by atoms with E-state index in [-0.39, 0.29) is 12.4 Å². The number of hydrogen-bond acceptors (Lipinski definition) is 3. The van der Waals surface area contributed by atoms with Crippen molar-refractivity contribution in [2.24, 2.45) is 0 Å². The van der Waals surface area contributed by atoms with E-state index in [0.29, 0.717) is 17.9 Å². The predicted molar refractivity (Wildman–Crippen MR) is 61.0 cm³/mol. The first-order valence-corrected chi connectivity index (χ1v) is 5.12. The van der Waals surface area contributed by atoms with Gasteiger partial charge in [0.05, 0.1) is 0 Å². The Balaban J connectivity index is 2.69. The van der Waals surface area contributed by atoms with Crippen molar-refractivity contribution in [1.29, 1.82) is 0 Å². The molecule has 0 atom stereocenters. The standard InChI is InChI=1S/C12H17NO2/c1-3-7-15-8-12(14)10-5-4-6-11(13)9(10)2/h4-6H,3,7-8,13H2,1-2H3. The Bertz CT molecular complexity index is 347. The molecule has 0 heterocycles. The molecule has 0 fully saturated rings. The lowest BCUT2D eigenvalue weighted by molar-refractivity contribution is 0.0761. The van der Waals surface area contributed by atoms with Crippen LogP contribution in [-0.2, 0) is 4.74 Å². The summed E-state index contributed by atoms with van der Waals surface area (Å²) in [7, 11) is 0. The van der Waals surface area contributed by atoms with Gasteiger partial charge in [0, 0.05) is 17.9 Å². The summed E-state index contributed by atoms with van der Waals surface area (Å²) in [6.45, 7) is 4.61. The quantitative estimate of drug-likeness (QED) is 0.457. The van der Waals surface area contributed by atoms with E-state index in [1.807, 2.05) is 13.8 Å². The Kier molecular flexibility index (Phi) is 4.31. The molecule has 3 heteroatoms. The molecule has 0 unspecified atom stereocenters. The van der Waals surface area contributed by atoms with Crippen LogP contribution < -0.4 is 5.73 Å². The summed E-state index contributed by atoms with van der Waals surface area (Å²) in [4.78, 5) is 11.7. The minimum Gasteiger partial charge on any atom is -0.398 e. The number of nitrogen functional groups attached to an aromatic ring is 1. The van der Waals surface area contributed by atoms with Crippen LogP contribution in [0, 0.1) is 6.92 Å². The number of ether oxygens (including phenoxy) is 1. The van der Waals surface area contributed by atoms with Gasteiger partial charge in [-0.1, -0.05) is 19.1 Å². The van der Waals surface area contributed by atoms with Crippen molar-refractivity contribution >= 4 is 11.5 Å². The largest absolute Gasteiger partial charge is 0.398 e. The third-order valence-corrected chi connectivity index (χ3v) is 2.26. The summed E-state index contributed by atoms with van der Waals surface area (Å²) in [5.41, 5.74) is 7.86. The van der Waals surface area contributed by atoms with Crippen LogP contribution >= 0.6 is 0 Å². The summed E-state index contributed by atoms with van der Waals surface area (Å²) in [6.07, 6.45) is 0.920. The molecule has 0 spiro atoms. The number of hydrogen-bond donors (Lipinski definition) is 1. The fourth-order valence-electron chi connectivity index (χ4n) is 1.34. The number of benzene rings is 1. The van der Waals surface area contributed by atoms with E-state index in [9.17, 15) is 4.79 Å².